The Hall–Kier alpha value is -1.88. The Morgan fingerprint density at radius 2 is 2.00 bits per heavy atom. The molecule has 1 amide bonds. The van der Waals surface area contributed by atoms with Crippen molar-refractivity contribution in [1.82, 2.24) is 0 Å². The van der Waals surface area contributed by atoms with Crippen molar-refractivity contribution < 1.29 is 19.4 Å². The van der Waals surface area contributed by atoms with Gasteiger partial charge in [0, 0.05) is 12.8 Å². The van der Waals surface area contributed by atoms with Gasteiger partial charge in [0.05, 0.1) is 0 Å². The molecular weight excluding hydrogens is 210 g/mol. The van der Waals surface area contributed by atoms with Gasteiger partial charge in [-0.25, -0.2) is 4.79 Å². The first-order valence-corrected chi connectivity index (χ1v) is 4.80. The lowest BCUT2D eigenvalue weighted by Crippen LogP contribution is -2.69. The minimum Gasteiger partial charge on any atom is -0.480 e. The third-order valence-electron chi connectivity index (χ3n) is 2.59. The number of aliphatic carboxylic acids is 1. The van der Waals surface area contributed by atoms with Crippen molar-refractivity contribution in [3.63, 3.8) is 0 Å². The Morgan fingerprint density at radius 3 is 2.50 bits per heavy atom. The second-order valence-corrected chi connectivity index (χ2v) is 3.48. The number of amides is 1. The van der Waals surface area contributed by atoms with E-state index in [4.69, 9.17) is 9.84 Å². The summed E-state index contributed by atoms with van der Waals surface area (Å²) in [4.78, 5) is 23.9. The van der Waals surface area contributed by atoms with E-state index in [0.29, 0.717) is 5.69 Å². The van der Waals surface area contributed by atoms with Crippen LogP contribution in [0.5, 0.6) is 0 Å². The predicted octanol–water partition coefficient (Wildman–Crippen LogP) is 0.501. The first-order chi connectivity index (χ1) is 7.66. The smallest absolute Gasteiger partial charge is 0.330 e. The number of hydrogen-bond donors (Lipinski definition) is 1. The number of methoxy groups -OCH3 is 1. The van der Waals surface area contributed by atoms with E-state index < -0.39 is 18.1 Å². The molecule has 1 saturated heterocycles. The fraction of sp³-hybridized carbons (Fsp3) is 0.273. The quantitative estimate of drug-likeness (QED) is 0.755. The second-order valence-electron chi connectivity index (χ2n) is 3.48. The number of hydrogen-bond acceptors (Lipinski definition) is 3. The largest absolute Gasteiger partial charge is 0.480 e. The van der Waals surface area contributed by atoms with E-state index in [1.165, 1.54) is 12.0 Å². The van der Waals surface area contributed by atoms with E-state index in [2.05, 4.69) is 0 Å². The van der Waals surface area contributed by atoms with Gasteiger partial charge in [-0.05, 0) is 12.1 Å². The molecule has 1 aromatic carbocycles. The molecule has 1 heterocycles. The fourth-order valence-electron chi connectivity index (χ4n) is 1.81. The van der Waals surface area contributed by atoms with Crippen molar-refractivity contribution in [2.75, 3.05) is 12.0 Å². The molecule has 84 valence electrons. The lowest BCUT2D eigenvalue weighted by molar-refractivity contribution is -0.155. The van der Waals surface area contributed by atoms with Crippen LogP contribution in [0.4, 0.5) is 5.69 Å². The Balaban J connectivity index is 2.29. The molecule has 0 aliphatic carbocycles. The first kappa shape index (κ1) is 10.6. The molecule has 1 aliphatic rings. The van der Waals surface area contributed by atoms with Crippen LogP contribution < -0.4 is 4.90 Å². The molecule has 1 aliphatic heterocycles. The lowest BCUT2D eigenvalue weighted by atomic mass is 9.97. The molecule has 0 unspecified atom stereocenters. The maximum atomic E-state index is 11.6. The average Bonchev–Trinajstić information content (AvgIpc) is 2.27. The Labute approximate surface area is 92.2 Å². The van der Waals surface area contributed by atoms with Crippen molar-refractivity contribution in [1.29, 1.82) is 0 Å². The number of carbonyl (C=O) groups excluding carboxylic acids is 1. The Bertz CT molecular complexity index is 417. The number of rotatable bonds is 3. The van der Waals surface area contributed by atoms with Gasteiger partial charge in [0.1, 0.15) is 0 Å². The van der Waals surface area contributed by atoms with Gasteiger partial charge in [0.15, 0.2) is 12.1 Å². The van der Waals surface area contributed by atoms with Crippen LogP contribution in [0.15, 0.2) is 30.3 Å². The van der Waals surface area contributed by atoms with Crippen LogP contribution in [0, 0.1) is 0 Å². The zero-order valence-electron chi connectivity index (χ0n) is 8.66. The Kier molecular flexibility index (Phi) is 2.62. The monoisotopic (exact) mass is 221 g/mol. The molecule has 1 aromatic rings. The maximum absolute atomic E-state index is 11.6. The van der Waals surface area contributed by atoms with Crippen LogP contribution >= 0.6 is 0 Å². The summed E-state index contributed by atoms with van der Waals surface area (Å²) >= 11 is 0. The third-order valence-corrected chi connectivity index (χ3v) is 2.59. The molecule has 2 atom stereocenters. The topological polar surface area (TPSA) is 66.8 Å². The summed E-state index contributed by atoms with van der Waals surface area (Å²) in [5.41, 5.74) is 0.577. The van der Waals surface area contributed by atoms with Crippen LogP contribution in [0.2, 0.25) is 0 Å². The molecule has 16 heavy (non-hydrogen) atoms. The lowest BCUT2D eigenvalue weighted by Gasteiger charge is -2.43. The highest BCUT2D eigenvalue weighted by Crippen LogP contribution is 2.29. The van der Waals surface area contributed by atoms with Gasteiger partial charge in [0.25, 0.3) is 5.91 Å². The molecule has 0 saturated carbocycles. The minimum absolute atomic E-state index is 0.318. The summed E-state index contributed by atoms with van der Waals surface area (Å²) in [6.07, 6.45) is -0.877. The van der Waals surface area contributed by atoms with E-state index in [9.17, 15) is 9.59 Å². The van der Waals surface area contributed by atoms with E-state index >= 15 is 0 Å². The summed E-state index contributed by atoms with van der Waals surface area (Å²) in [6, 6.07) is 7.76. The molecule has 1 N–H and O–H groups in total. The summed E-state index contributed by atoms with van der Waals surface area (Å²) in [5.74, 6) is -1.38. The molecule has 5 nitrogen and oxygen atoms in total. The SMILES string of the molecule is CO[C@H]1C(=O)N(c2ccccc2)[C@@H]1C(=O)O. The summed E-state index contributed by atoms with van der Waals surface area (Å²) < 4.78 is 4.85. The van der Waals surface area contributed by atoms with Crippen molar-refractivity contribution >= 4 is 17.6 Å². The molecule has 2 rings (SSSR count). The highest BCUT2D eigenvalue weighted by Gasteiger charge is 2.53. The van der Waals surface area contributed by atoms with Gasteiger partial charge in [-0.2, -0.15) is 0 Å². The standard InChI is InChI=1S/C11H11NO4/c1-16-9-8(11(14)15)12(10(9)13)7-5-3-2-4-6-7/h2-6,8-9H,1H3,(H,14,15)/t8-,9+/m0/s1. The van der Waals surface area contributed by atoms with E-state index in [-0.39, 0.29) is 5.91 Å². The molecule has 0 radical (unpaired) electrons. The summed E-state index contributed by atoms with van der Waals surface area (Å²) in [5, 5.41) is 9.01. The zero-order valence-corrected chi connectivity index (χ0v) is 8.66. The average molecular weight is 221 g/mol. The van der Waals surface area contributed by atoms with E-state index in [0.717, 1.165) is 0 Å². The second kappa shape index (κ2) is 3.94. The Morgan fingerprint density at radius 1 is 1.38 bits per heavy atom. The summed E-state index contributed by atoms with van der Waals surface area (Å²) in [6.45, 7) is 0. The predicted molar refractivity (Wildman–Crippen MR) is 56.1 cm³/mol. The number of para-hydroxylation sites is 1. The van der Waals surface area contributed by atoms with Crippen LogP contribution in [-0.4, -0.2) is 36.2 Å². The van der Waals surface area contributed by atoms with Crippen molar-refractivity contribution in [2.24, 2.45) is 0 Å². The van der Waals surface area contributed by atoms with Gasteiger partial charge in [-0.15, -0.1) is 0 Å². The molecular formula is C11H11NO4. The van der Waals surface area contributed by atoms with Gasteiger partial charge >= 0.3 is 5.97 Å². The maximum Gasteiger partial charge on any atom is 0.330 e. The third kappa shape index (κ3) is 1.45. The molecule has 0 spiro atoms. The van der Waals surface area contributed by atoms with Gasteiger partial charge < -0.3 is 9.84 Å². The van der Waals surface area contributed by atoms with Gasteiger partial charge in [-0.3, -0.25) is 9.69 Å². The van der Waals surface area contributed by atoms with Crippen LogP contribution in [0.3, 0.4) is 0 Å². The summed E-state index contributed by atoms with van der Waals surface area (Å²) in [7, 11) is 1.33. The number of nitrogens with zero attached hydrogens (tertiary/aromatic N) is 1. The highest BCUT2D eigenvalue weighted by molar-refractivity contribution is 6.12. The number of carboxylic acid groups (broad SMARTS) is 1. The molecule has 0 bridgehead atoms. The number of anilines is 1. The number of carbonyl (C=O) groups is 2. The minimum atomic E-state index is -1.06. The number of carboxylic acids is 1. The molecule has 0 aromatic heterocycles. The van der Waals surface area contributed by atoms with Crippen LogP contribution in [0.1, 0.15) is 0 Å². The number of β-lactam (4-membered cyclic amide) rings is 1. The normalized spacial score (nSPS) is 24.1. The highest BCUT2D eigenvalue weighted by atomic mass is 16.5. The van der Waals surface area contributed by atoms with Crippen LogP contribution in [0.25, 0.3) is 0 Å². The number of benzene rings is 1. The van der Waals surface area contributed by atoms with Crippen molar-refractivity contribution in [3.8, 4) is 0 Å². The van der Waals surface area contributed by atoms with Crippen molar-refractivity contribution in [2.45, 2.75) is 12.1 Å². The number of ether oxygens (including phenoxy) is 1. The van der Waals surface area contributed by atoms with E-state index in [1.807, 2.05) is 0 Å². The zero-order chi connectivity index (χ0) is 11.7. The van der Waals surface area contributed by atoms with Gasteiger partial charge in [-0.1, -0.05) is 18.2 Å². The first-order valence-electron chi connectivity index (χ1n) is 4.80. The molecule has 5 heteroatoms. The van der Waals surface area contributed by atoms with E-state index in [1.54, 1.807) is 30.3 Å². The molecule has 1 fully saturated rings. The van der Waals surface area contributed by atoms with Gasteiger partial charge in [0.2, 0.25) is 0 Å². The fourth-order valence-corrected chi connectivity index (χ4v) is 1.81. The van der Waals surface area contributed by atoms with Crippen molar-refractivity contribution in [3.05, 3.63) is 30.3 Å². The van der Waals surface area contributed by atoms with Crippen LogP contribution in [-0.2, 0) is 14.3 Å².